The number of nitrogens with two attached hydrogens (primary N) is 1. The van der Waals surface area contributed by atoms with E-state index in [2.05, 4.69) is 15.6 Å². The van der Waals surface area contributed by atoms with Gasteiger partial charge in [-0.3, -0.25) is 14.4 Å². The van der Waals surface area contributed by atoms with Gasteiger partial charge in [-0.1, -0.05) is 45.9 Å². The third kappa shape index (κ3) is 7.34. The molecule has 1 aliphatic rings. The van der Waals surface area contributed by atoms with Gasteiger partial charge in [0.1, 0.15) is 18.1 Å². The number of H-pyrrole nitrogens is 1. The van der Waals surface area contributed by atoms with Crippen LogP contribution in [0.5, 0.6) is 0 Å². The van der Waals surface area contributed by atoms with E-state index in [-0.39, 0.29) is 30.6 Å². The molecule has 1 aliphatic heterocycles. The number of carboxylic acids is 1. The van der Waals surface area contributed by atoms with Crippen LogP contribution in [-0.2, 0) is 25.6 Å². The molecule has 1 aromatic heterocycles. The van der Waals surface area contributed by atoms with Crippen LogP contribution < -0.4 is 16.4 Å². The van der Waals surface area contributed by atoms with Crippen molar-refractivity contribution in [1.29, 1.82) is 0 Å². The number of aromatic nitrogens is 1. The highest BCUT2D eigenvalue weighted by Gasteiger charge is 2.38. The third-order valence-electron chi connectivity index (χ3n) is 6.93. The molecular weight excluding hydrogens is 486 g/mol. The number of amides is 3. The number of nitrogens with one attached hydrogen (secondary N) is 3. The first-order valence-electron chi connectivity index (χ1n) is 13.4. The minimum atomic E-state index is -1.13. The van der Waals surface area contributed by atoms with Crippen molar-refractivity contribution in [3.63, 3.8) is 0 Å². The van der Waals surface area contributed by atoms with E-state index < -0.39 is 42.0 Å². The molecule has 3 rings (SSSR count). The minimum Gasteiger partial charge on any atom is -0.480 e. The number of aliphatic carboxylic acids is 1. The Labute approximate surface area is 223 Å². The van der Waals surface area contributed by atoms with Crippen molar-refractivity contribution in [2.45, 2.75) is 84.0 Å². The lowest BCUT2D eigenvalue weighted by Gasteiger charge is -2.29. The standard InChI is InChI=1S/C28H41N5O5/c1-16(2)12-20(29)27(36)33-11-7-10-24(33)26(35)31-22(25(34)32-23(28(37)38)13-17(3)4)14-18-15-30-21-9-6-5-8-19(18)21/h5-6,8-9,15-17,20,22-24,30H,7,10-14,29H2,1-4H3,(H,31,35)(H,32,34)(H,37,38). The molecule has 1 saturated heterocycles. The summed E-state index contributed by atoms with van der Waals surface area (Å²) in [6, 6.07) is 4.08. The van der Waals surface area contributed by atoms with E-state index in [0.29, 0.717) is 25.8 Å². The van der Waals surface area contributed by atoms with Crippen LogP contribution >= 0.6 is 0 Å². The summed E-state index contributed by atoms with van der Waals surface area (Å²) in [5.74, 6) is -2.13. The molecule has 0 radical (unpaired) electrons. The fraction of sp³-hybridized carbons (Fsp3) is 0.571. The average Bonchev–Trinajstić information content (AvgIpc) is 3.49. The minimum absolute atomic E-state index is 0.0474. The molecule has 10 heteroatoms. The smallest absolute Gasteiger partial charge is 0.326 e. The molecule has 4 atom stereocenters. The van der Waals surface area contributed by atoms with Crippen molar-refractivity contribution >= 4 is 34.6 Å². The Kier molecular flexibility index (Phi) is 9.90. The van der Waals surface area contributed by atoms with Gasteiger partial charge in [0, 0.05) is 30.1 Å². The number of carbonyl (C=O) groups is 4. The molecule has 0 bridgehead atoms. The van der Waals surface area contributed by atoms with Gasteiger partial charge >= 0.3 is 5.97 Å². The van der Waals surface area contributed by atoms with Gasteiger partial charge in [0.15, 0.2) is 0 Å². The molecule has 4 unspecified atom stereocenters. The zero-order valence-electron chi connectivity index (χ0n) is 22.7. The zero-order valence-corrected chi connectivity index (χ0v) is 22.7. The molecule has 0 aliphatic carbocycles. The topological polar surface area (TPSA) is 158 Å². The lowest BCUT2D eigenvalue weighted by Crippen LogP contribution is -2.57. The van der Waals surface area contributed by atoms with Crippen molar-refractivity contribution < 1.29 is 24.3 Å². The molecule has 1 aromatic carbocycles. The SMILES string of the molecule is CC(C)CC(N)C(=O)N1CCCC1C(=O)NC(Cc1c[nH]c2ccccc12)C(=O)NC(CC(C)C)C(=O)O. The Morgan fingerprint density at radius 2 is 1.74 bits per heavy atom. The first-order chi connectivity index (χ1) is 18.0. The second-order valence-corrected chi connectivity index (χ2v) is 11.1. The van der Waals surface area contributed by atoms with Crippen molar-refractivity contribution in [3.8, 4) is 0 Å². The Hall–Kier alpha value is -3.40. The highest BCUT2D eigenvalue weighted by molar-refractivity contribution is 5.95. The second kappa shape index (κ2) is 12.9. The maximum absolute atomic E-state index is 13.5. The van der Waals surface area contributed by atoms with Gasteiger partial charge < -0.3 is 31.4 Å². The van der Waals surface area contributed by atoms with Gasteiger partial charge in [-0.15, -0.1) is 0 Å². The van der Waals surface area contributed by atoms with Gasteiger partial charge in [0.25, 0.3) is 0 Å². The monoisotopic (exact) mass is 527 g/mol. The van der Waals surface area contributed by atoms with Crippen LogP contribution in [0.2, 0.25) is 0 Å². The van der Waals surface area contributed by atoms with Gasteiger partial charge in [-0.05, 0) is 49.1 Å². The molecule has 2 heterocycles. The second-order valence-electron chi connectivity index (χ2n) is 11.1. The first-order valence-corrected chi connectivity index (χ1v) is 13.4. The fourth-order valence-corrected chi connectivity index (χ4v) is 5.09. The zero-order chi connectivity index (χ0) is 28.0. The number of para-hydroxylation sites is 1. The summed E-state index contributed by atoms with van der Waals surface area (Å²) in [5.41, 5.74) is 7.84. The molecule has 2 aromatic rings. The van der Waals surface area contributed by atoms with Crippen molar-refractivity contribution in [1.82, 2.24) is 20.5 Å². The summed E-state index contributed by atoms with van der Waals surface area (Å²) in [7, 11) is 0. The van der Waals surface area contributed by atoms with Crippen molar-refractivity contribution in [2.75, 3.05) is 6.54 Å². The number of hydrogen-bond acceptors (Lipinski definition) is 5. The molecule has 1 fully saturated rings. The number of fused-ring (bicyclic) bond motifs is 1. The van der Waals surface area contributed by atoms with Crippen molar-refractivity contribution in [3.05, 3.63) is 36.0 Å². The lowest BCUT2D eigenvalue weighted by atomic mass is 10.0. The number of carbonyl (C=O) groups excluding carboxylic acids is 3. The van der Waals surface area contributed by atoms with Crippen LogP contribution in [0.4, 0.5) is 0 Å². The summed E-state index contributed by atoms with van der Waals surface area (Å²) in [4.78, 5) is 56.4. The molecule has 3 amide bonds. The Balaban J connectivity index is 1.82. The summed E-state index contributed by atoms with van der Waals surface area (Å²) in [5, 5.41) is 16.0. The van der Waals surface area contributed by atoms with Gasteiger partial charge in [-0.2, -0.15) is 0 Å². The van der Waals surface area contributed by atoms with Crippen LogP contribution in [0.15, 0.2) is 30.5 Å². The maximum Gasteiger partial charge on any atom is 0.326 e. The quantitative estimate of drug-likeness (QED) is 0.285. The molecule has 0 spiro atoms. The Morgan fingerprint density at radius 3 is 2.39 bits per heavy atom. The molecule has 38 heavy (non-hydrogen) atoms. The molecule has 10 nitrogen and oxygen atoms in total. The van der Waals surface area contributed by atoms with E-state index in [1.165, 1.54) is 4.90 Å². The van der Waals surface area contributed by atoms with E-state index in [9.17, 15) is 24.3 Å². The molecule has 6 N–H and O–H groups in total. The first kappa shape index (κ1) is 29.2. The number of hydrogen-bond donors (Lipinski definition) is 5. The third-order valence-corrected chi connectivity index (χ3v) is 6.93. The van der Waals surface area contributed by atoms with E-state index in [0.717, 1.165) is 16.5 Å². The number of likely N-dealkylation sites (tertiary alicyclic amines) is 1. The van der Waals surface area contributed by atoms with E-state index in [4.69, 9.17) is 5.73 Å². The summed E-state index contributed by atoms with van der Waals surface area (Å²) >= 11 is 0. The van der Waals surface area contributed by atoms with Crippen LogP contribution in [0, 0.1) is 11.8 Å². The van der Waals surface area contributed by atoms with Crippen LogP contribution in [0.25, 0.3) is 10.9 Å². The number of benzene rings is 1. The Morgan fingerprint density at radius 1 is 1.05 bits per heavy atom. The Bertz CT molecular complexity index is 1140. The van der Waals surface area contributed by atoms with Crippen LogP contribution in [-0.4, -0.2) is 69.4 Å². The van der Waals surface area contributed by atoms with Gasteiger partial charge in [0.2, 0.25) is 17.7 Å². The normalized spacial score (nSPS) is 18.0. The average molecular weight is 528 g/mol. The fourth-order valence-electron chi connectivity index (χ4n) is 5.09. The number of carboxylic acid groups (broad SMARTS) is 1. The van der Waals surface area contributed by atoms with Crippen LogP contribution in [0.3, 0.4) is 0 Å². The van der Waals surface area contributed by atoms with Crippen molar-refractivity contribution in [2.24, 2.45) is 17.6 Å². The van der Waals surface area contributed by atoms with Gasteiger partial charge in [-0.25, -0.2) is 4.79 Å². The highest BCUT2D eigenvalue weighted by Crippen LogP contribution is 2.22. The summed E-state index contributed by atoms with van der Waals surface area (Å²) in [6.45, 7) is 8.15. The van der Waals surface area contributed by atoms with E-state index >= 15 is 0 Å². The number of nitrogens with zero attached hydrogens (tertiary/aromatic N) is 1. The van der Waals surface area contributed by atoms with E-state index in [1.54, 1.807) is 6.20 Å². The molecule has 208 valence electrons. The predicted molar refractivity (Wildman–Crippen MR) is 145 cm³/mol. The molecular formula is C28H41N5O5. The van der Waals surface area contributed by atoms with Crippen LogP contribution in [0.1, 0.15) is 58.9 Å². The van der Waals surface area contributed by atoms with E-state index in [1.807, 2.05) is 52.0 Å². The largest absolute Gasteiger partial charge is 0.480 e. The lowest BCUT2D eigenvalue weighted by molar-refractivity contribution is -0.143. The number of rotatable bonds is 12. The summed E-state index contributed by atoms with van der Waals surface area (Å²) in [6.07, 6.45) is 3.85. The van der Waals surface area contributed by atoms with Gasteiger partial charge in [0.05, 0.1) is 6.04 Å². The molecule has 0 saturated carbocycles. The summed E-state index contributed by atoms with van der Waals surface area (Å²) < 4.78 is 0. The number of aromatic amines is 1. The maximum atomic E-state index is 13.5. The predicted octanol–water partition coefficient (Wildman–Crippen LogP) is 2.18. The highest BCUT2D eigenvalue weighted by atomic mass is 16.4.